The molecule has 0 radical (unpaired) electrons. The molecular formula is C21H21N3O4. The number of hydrogen-bond acceptors (Lipinski definition) is 5. The van der Waals surface area contributed by atoms with Crippen LogP contribution in [0.5, 0.6) is 11.5 Å². The zero-order valence-electron chi connectivity index (χ0n) is 15.7. The second kappa shape index (κ2) is 8.39. The third kappa shape index (κ3) is 4.20. The van der Waals surface area contributed by atoms with Crippen LogP contribution in [0.25, 0.3) is 22.4 Å². The van der Waals surface area contributed by atoms with Crippen LogP contribution in [-0.2, 0) is 11.3 Å². The Morgan fingerprint density at radius 3 is 2.04 bits per heavy atom. The third-order valence-corrected chi connectivity index (χ3v) is 4.35. The van der Waals surface area contributed by atoms with Gasteiger partial charge in [0.25, 0.3) is 0 Å². The number of nitrogens with one attached hydrogen (secondary N) is 1. The van der Waals surface area contributed by atoms with Crippen molar-refractivity contribution >= 4 is 5.97 Å². The maximum absolute atomic E-state index is 11.0. The molecule has 0 unspecified atom stereocenters. The number of aryl methyl sites for hydroxylation is 1. The Balaban J connectivity index is 2.11. The molecule has 0 saturated carbocycles. The molecule has 2 aromatic carbocycles. The summed E-state index contributed by atoms with van der Waals surface area (Å²) < 4.78 is 11.8. The molecule has 0 amide bonds. The maximum atomic E-state index is 11.0. The average molecular weight is 379 g/mol. The van der Waals surface area contributed by atoms with Gasteiger partial charge >= 0.3 is 5.97 Å². The summed E-state index contributed by atoms with van der Waals surface area (Å²) in [7, 11) is 3.20. The molecule has 0 saturated heterocycles. The highest BCUT2D eigenvalue weighted by Crippen LogP contribution is 2.25. The van der Waals surface area contributed by atoms with Crippen LogP contribution in [0.1, 0.15) is 6.42 Å². The Morgan fingerprint density at radius 1 is 1.00 bits per heavy atom. The SMILES string of the molecule is COc1ccc(-c2cc(-c3ccc(OC)cc3)c(=N)n(CCC(=O)O)n2)cc1. The lowest BCUT2D eigenvalue weighted by Gasteiger charge is -2.13. The lowest BCUT2D eigenvalue weighted by Crippen LogP contribution is -2.26. The van der Waals surface area contributed by atoms with Gasteiger partial charge in [0.2, 0.25) is 0 Å². The first-order valence-electron chi connectivity index (χ1n) is 8.69. The molecule has 7 heteroatoms. The van der Waals surface area contributed by atoms with Crippen molar-refractivity contribution in [2.75, 3.05) is 14.2 Å². The molecule has 0 fully saturated rings. The van der Waals surface area contributed by atoms with Gasteiger partial charge in [0.15, 0.2) is 0 Å². The van der Waals surface area contributed by atoms with E-state index in [1.807, 2.05) is 54.6 Å². The highest BCUT2D eigenvalue weighted by Gasteiger charge is 2.11. The predicted molar refractivity (Wildman–Crippen MR) is 104 cm³/mol. The number of aliphatic carboxylic acids is 1. The second-order valence-electron chi connectivity index (χ2n) is 6.12. The summed E-state index contributed by atoms with van der Waals surface area (Å²) in [5.41, 5.74) is 3.14. The van der Waals surface area contributed by atoms with Crippen molar-refractivity contribution in [1.29, 1.82) is 5.41 Å². The van der Waals surface area contributed by atoms with E-state index in [-0.39, 0.29) is 18.5 Å². The van der Waals surface area contributed by atoms with Crippen LogP contribution in [0.15, 0.2) is 54.6 Å². The summed E-state index contributed by atoms with van der Waals surface area (Å²) >= 11 is 0. The molecule has 0 bridgehead atoms. The fourth-order valence-electron chi connectivity index (χ4n) is 2.81. The topological polar surface area (TPSA) is 97.4 Å². The van der Waals surface area contributed by atoms with E-state index in [2.05, 4.69) is 5.10 Å². The smallest absolute Gasteiger partial charge is 0.305 e. The van der Waals surface area contributed by atoms with E-state index >= 15 is 0 Å². The standard InChI is InChI=1S/C21H21N3O4/c1-27-16-7-3-14(4-8-16)18-13-19(15-5-9-17(28-2)10-6-15)23-24(21(18)22)12-11-20(25)26/h3-10,13,22H,11-12H2,1-2H3,(H,25,26). The van der Waals surface area contributed by atoms with Crippen LogP contribution >= 0.6 is 0 Å². The average Bonchev–Trinajstić information content (AvgIpc) is 2.73. The molecule has 0 aliphatic carbocycles. The van der Waals surface area contributed by atoms with Crippen LogP contribution < -0.4 is 15.0 Å². The van der Waals surface area contributed by atoms with Gasteiger partial charge in [0, 0.05) is 11.1 Å². The number of carboxylic acid groups (broad SMARTS) is 1. The molecule has 1 aromatic heterocycles. The minimum atomic E-state index is -0.936. The number of hydrogen-bond donors (Lipinski definition) is 2. The first-order chi connectivity index (χ1) is 13.5. The van der Waals surface area contributed by atoms with Gasteiger partial charge in [-0.25, -0.2) is 4.68 Å². The second-order valence-corrected chi connectivity index (χ2v) is 6.12. The number of rotatable bonds is 7. The first kappa shape index (κ1) is 19.2. The van der Waals surface area contributed by atoms with Crippen molar-refractivity contribution in [2.24, 2.45) is 0 Å². The molecule has 0 spiro atoms. The fraction of sp³-hybridized carbons (Fsp3) is 0.190. The summed E-state index contributed by atoms with van der Waals surface area (Å²) in [6.07, 6.45) is -0.113. The van der Waals surface area contributed by atoms with Crippen molar-refractivity contribution in [3.63, 3.8) is 0 Å². The molecule has 7 nitrogen and oxygen atoms in total. The number of carboxylic acids is 1. The van der Waals surface area contributed by atoms with Gasteiger partial charge in [-0.05, 0) is 48.0 Å². The molecule has 3 rings (SSSR count). The third-order valence-electron chi connectivity index (χ3n) is 4.35. The number of aromatic nitrogens is 2. The Morgan fingerprint density at radius 2 is 1.54 bits per heavy atom. The lowest BCUT2D eigenvalue weighted by molar-refractivity contribution is -0.137. The van der Waals surface area contributed by atoms with Gasteiger partial charge in [-0.15, -0.1) is 0 Å². The minimum absolute atomic E-state index is 0.112. The van der Waals surface area contributed by atoms with Crippen molar-refractivity contribution in [3.05, 3.63) is 60.1 Å². The summed E-state index contributed by atoms with van der Waals surface area (Å²) in [5, 5.41) is 22.0. The normalized spacial score (nSPS) is 10.5. The number of carbonyl (C=O) groups is 1. The highest BCUT2D eigenvalue weighted by atomic mass is 16.5. The number of nitrogens with zero attached hydrogens (tertiary/aromatic N) is 2. The zero-order valence-corrected chi connectivity index (χ0v) is 15.7. The van der Waals surface area contributed by atoms with E-state index < -0.39 is 5.97 Å². The quantitative estimate of drug-likeness (QED) is 0.657. The minimum Gasteiger partial charge on any atom is -0.497 e. The fourth-order valence-corrected chi connectivity index (χ4v) is 2.81. The summed E-state index contributed by atoms with van der Waals surface area (Å²) in [6, 6.07) is 16.6. The maximum Gasteiger partial charge on any atom is 0.305 e. The van der Waals surface area contributed by atoms with Crippen LogP contribution in [0.2, 0.25) is 0 Å². The zero-order chi connectivity index (χ0) is 20.1. The summed E-state index contributed by atoms with van der Waals surface area (Å²) in [5.74, 6) is 0.517. The van der Waals surface area contributed by atoms with Crippen molar-refractivity contribution in [2.45, 2.75) is 13.0 Å². The van der Waals surface area contributed by atoms with Gasteiger partial charge in [-0.2, -0.15) is 5.10 Å². The highest BCUT2D eigenvalue weighted by molar-refractivity contribution is 5.70. The molecule has 0 aliphatic rings. The van der Waals surface area contributed by atoms with E-state index in [4.69, 9.17) is 20.0 Å². The largest absolute Gasteiger partial charge is 0.497 e. The van der Waals surface area contributed by atoms with E-state index in [9.17, 15) is 4.79 Å². The predicted octanol–water partition coefficient (Wildman–Crippen LogP) is 3.19. The van der Waals surface area contributed by atoms with Crippen LogP contribution in [-0.4, -0.2) is 35.1 Å². The Kier molecular flexibility index (Phi) is 5.74. The lowest BCUT2D eigenvalue weighted by atomic mass is 10.0. The molecule has 0 atom stereocenters. The van der Waals surface area contributed by atoms with Crippen LogP contribution in [0, 0.1) is 5.41 Å². The Hall–Kier alpha value is -3.61. The first-order valence-corrected chi connectivity index (χ1v) is 8.69. The number of benzene rings is 2. The molecular weight excluding hydrogens is 358 g/mol. The van der Waals surface area contributed by atoms with Crippen LogP contribution in [0.4, 0.5) is 0 Å². The van der Waals surface area contributed by atoms with E-state index in [1.54, 1.807) is 14.2 Å². The molecule has 28 heavy (non-hydrogen) atoms. The van der Waals surface area contributed by atoms with E-state index in [1.165, 1.54) is 4.68 Å². The molecule has 2 N–H and O–H groups in total. The molecule has 144 valence electrons. The van der Waals surface area contributed by atoms with Crippen molar-refractivity contribution < 1.29 is 19.4 Å². The Labute approximate surface area is 162 Å². The summed E-state index contributed by atoms with van der Waals surface area (Å²) in [6.45, 7) is 0.112. The molecule has 1 heterocycles. The van der Waals surface area contributed by atoms with E-state index in [0.717, 1.165) is 22.6 Å². The number of methoxy groups -OCH3 is 2. The molecule has 0 aliphatic heterocycles. The van der Waals surface area contributed by atoms with Gasteiger partial charge in [0.05, 0.1) is 32.9 Å². The van der Waals surface area contributed by atoms with Gasteiger partial charge in [-0.3, -0.25) is 10.2 Å². The molecule has 3 aromatic rings. The van der Waals surface area contributed by atoms with Gasteiger partial charge in [-0.1, -0.05) is 12.1 Å². The monoisotopic (exact) mass is 379 g/mol. The van der Waals surface area contributed by atoms with Gasteiger partial charge < -0.3 is 14.6 Å². The van der Waals surface area contributed by atoms with Crippen LogP contribution in [0.3, 0.4) is 0 Å². The van der Waals surface area contributed by atoms with Crippen molar-refractivity contribution in [1.82, 2.24) is 9.78 Å². The van der Waals surface area contributed by atoms with Crippen molar-refractivity contribution in [3.8, 4) is 33.9 Å². The Bertz CT molecular complexity index is 1030. The summed E-state index contributed by atoms with van der Waals surface area (Å²) in [4.78, 5) is 11.0. The number of ether oxygens (including phenoxy) is 2. The van der Waals surface area contributed by atoms with Gasteiger partial charge in [0.1, 0.15) is 17.0 Å². The van der Waals surface area contributed by atoms with E-state index in [0.29, 0.717) is 11.3 Å².